The fraction of sp³-hybridized carbons (Fsp3) is 0.320. The molecule has 210 valence electrons. The number of carbonyl (C=O) groups excluding carboxylic acids is 2. The molecule has 1 amide bonds. The van der Waals surface area contributed by atoms with Crippen LogP contribution in [0.4, 0.5) is 0 Å². The van der Waals surface area contributed by atoms with Crippen LogP contribution in [0.5, 0.6) is 0 Å². The van der Waals surface area contributed by atoms with Gasteiger partial charge in [0.25, 0.3) is 5.91 Å². The molecule has 39 heavy (non-hydrogen) atoms. The van der Waals surface area contributed by atoms with E-state index in [1.54, 1.807) is 37.3 Å². The number of hydrogen-bond donors (Lipinski definition) is 4. The smallest absolute Gasteiger partial charge is 0.394 e. The molecule has 1 unspecified atom stereocenters. The zero-order chi connectivity index (χ0) is 28.6. The van der Waals surface area contributed by atoms with Gasteiger partial charge in [-0.25, -0.2) is 4.79 Å². The SMILES string of the molecule is CCOC(=O)C(Cc1cc(=O)[nH]c2ccccc12)(NC(=O)c1ccc(Cl)cc1)N1CCOCC1.O=S(=O)(O)O. The number of morpholine rings is 1. The van der Waals surface area contributed by atoms with E-state index in [0.717, 1.165) is 5.39 Å². The van der Waals surface area contributed by atoms with Gasteiger partial charge in [0.15, 0.2) is 5.66 Å². The number of ether oxygens (including phenoxy) is 2. The molecule has 4 rings (SSSR count). The summed E-state index contributed by atoms with van der Waals surface area (Å²) in [5, 5.41) is 4.23. The maximum absolute atomic E-state index is 13.6. The first kappa shape index (κ1) is 30.2. The molecule has 2 aromatic carbocycles. The van der Waals surface area contributed by atoms with Crippen LogP contribution in [0.2, 0.25) is 5.02 Å². The first-order valence-electron chi connectivity index (χ1n) is 11.8. The molecule has 3 aromatic rings. The van der Waals surface area contributed by atoms with Crippen LogP contribution in [-0.4, -0.2) is 77.9 Å². The second kappa shape index (κ2) is 13.2. The van der Waals surface area contributed by atoms with Crippen molar-refractivity contribution in [2.75, 3.05) is 32.9 Å². The molecule has 0 spiro atoms. The van der Waals surface area contributed by atoms with E-state index in [0.29, 0.717) is 48.0 Å². The summed E-state index contributed by atoms with van der Waals surface area (Å²) >= 11 is 5.98. The fourth-order valence-electron chi connectivity index (χ4n) is 4.24. The van der Waals surface area contributed by atoms with E-state index in [9.17, 15) is 14.4 Å². The summed E-state index contributed by atoms with van der Waals surface area (Å²) in [4.78, 5) is 44.0. The Morgan fingerprint density at radius 2 is 1.74 bits per heavy atom. The fourth-order valence-corrected chi connectivity index (χ4v) is 4.37. The Morgan fingerprint density at radius 1 is 1.13 bits per heavy atom. The molecule has 0 saturated carbocycles. The Balaban J connectivity index is 0.000000771. The highest BCUT2D eigenvalue weighted by atomic mass is 35.5. The Labute approximate surface area is 229 Å². The number of benzene rings is 2. The molecule has 0 radical (unpaired) electrons. The number of halogens is 1. The van der Waals surface area contributed by atoms with Gasteiger partial charge in [-0.3, -0.25) is 23.6 Å². The van der Waals surface area contributed by atoms with Crippen LogP contribution in [0.15, 0.2) is 59.4 Å². The molecule has 2 heterocycles. The van der Waals surface area contributed by atoms with E-state index in [1.165, 1.54) is 6.07 Å². The average molecular weight is 582 g/mol. The highest BCUT2D eigenvalue weighted by Crippen LogP contribution is 2.26. The zero-order valence-electron chi connectivity index (χ0n) is 20.9. The minimum atomic E-state index is -4.67. The second-order valence-electron chi connectivity index (χ2n) is 8.47. The minimum absolute atomic E-state index is 0.0373. The molecule has 1 aliphatic heterocycles. The number of rotatable bonds is 7. The standard InChI is InChI=1S/C25H26ClN3O5.H2O4S/c1-2-34-24(32)25(29-11-13-33-14-12-29,28-23(31)17-7-9-19(26)10-8-17)16-18-15-22(30)27-21-6-4-3-5-20(18)21;1-5(2,3)4/h3-10,15H,2,11-14,16H2,1H3,(H,27,30)(H,28,31);(H2,1,2,3,4). The molecular formula is C25H28ClN3O9S. The normalized spacial score (nSPS) is 15.5. The number of para-hydroxylation sites is 1. The lowest BCUT2D eigenvalue weighted by Crippen LogP contribution is -2.69. The summed E-state index contributed by atoms with van der Waals surface area (Å²) in [7, 11) is -4.67. The van der Waals surface area contributed by atoms with Gasteiger partial charge in [-0.1, -0.05) is 29.8 Å². The van der Waals surface area contributed by atoms with Crippen molar-refractivity contribution in [2.24, 2.45) is 0 Å². The Hall–Kier alpha value is -3.33. The number of carbonyl (C=O) groups is 2. The third-order valence-corrected chi connectivity index (χ3v) is 6.13. The summed E-state index contributed by atoms with van der Waals surface area (Å²) in [5.74, 6) is -1.05. The molecule has 12 nitrogen and oxygen atoms in total. The lowest BCUT2D eigenvalue weighted by molar-refractivity contribution is -0.163. The van der Waals surface area contributed by atoms with E-state index in [-0.39, 0.29) is 18.6 Å². The third-order valence-electron chi connectivity index (χ3n) is 5.87. The number of nitrogens with zero attached hydrogens (tertiary/aromatic N) is 1. The number of nitrogens with one attached hydrogen (secondary N) is 2. The van der Waals surface area contributed by atoms with E-state index < -0.39 is 27.9 Å². The second-order valence-corrected chi connectivity index (χ2v) is 9.80. The summed E-state index contributed by atoms with van der Waals surface area (Å²) in [5.41, 5.74) is -0.226. The lowest BCUT2D eigenvalue weighted by atomic mass is 9.93. The number of aromatic nitrogens is 1. The molecule has 1 atom stereocenters. The maximum atomic E-state index is 13.6. The van der Waals surface area contributed by atoms with Crippen LogP contribution in [-0.2, 0) is 31.1 Å². The van der Waals surface area contributed by atoms with Crippen molar-refractivity contribution in [3.8, 4) is 0 Å². The van der Waals surface area contributed by atoms with Crippen molar-refractivity contribution < 1.29 is 36.6 Å². The molecule has 14 heteroatoms. The number of hydrogen-bond acceptors (Lipinski definition) is 8. The number of amides is 1. The number of H-pyrrole nitrogens is 1. The van der Waals surface area contributed by atoms with Gasteiger partial charge in [0.05, 0.1) is 19.8 Å². The Morgan fingerprint density at radius 3 is 2.36 bits per heavy atom. The molecule has 1 fully saturated rings. The summed E-state index contributed by atoms with van der Waals surface area (Å²) in [6, 6.07) is 15.2. The third kappa shape index (κ3) is 8.33. The summed E-state index contributed by atoms with van der Waals surface area (Å²) in [6.07, 6.45) is 0.0373. The predicted octanol–water partition coefficient (Wildman–Crippen LogP) is 2.09. The van der Waals surface area contributed by atoms with Gasteiger partial charge in [0.1, 0.15) is 0 Å². The van der Waals surface area contributed by atoms with Crippen LogP contribution in [0.1, 0.15) is 22.8 Å². The molecule has 0 bridgehead atoms. The largest absolute Gasteiger partial charge is 0.463 e. The van der Waals surface area contributed by atoms with Crippen LogP contribution < -0.4 is 10.9 Å². The summed E-state index contributed by atoms with van der Waals surface area (Å²) in [6.45, 7) is 3.45. The molecule has 1 aromatic heterocycles. The number of fused-ring (bicyclic) bond motifs is 1. The van der Waals surface area contributed by atoms with Gasteiger partial charge in [0, 0.05) is 47.1 Å². The van der Waals surface area contributed by atoms with Crippen LogP contribution in [0.25, 0.3) is 10.9 Å². The van der Waals surface area contributed by atoms with Crippen molar-refractivity contribution >= 4 is 44.8 Å². The van der Waals surface area contributed by atoms with Crippen molar-refractivity contribution in [3.05, 3.63) is 81.1 Å². The summed E-state index contributed by atoms with van der Waals surface area (Å²) < 4.78 is 42.6. The average Bonchev–Trinajstić information content (AvgIpc) is 2.88. The first-order valence-corrected chi connectivity index (χ1v) is 13.6. The molecule has 4 N–H and O–H groups in total. The highest BCUT2D eigenvalue weighted by molar-refractivity contribution is 7.79. The van der Waals surface area contributed by atoms with Gasteiger partial charge >= 0.3 is 16.4 Å². The molecular weight excluding hydrogens is 554 g/mol. The van der Waals surface area contributed by atoms with Crippen molar-refractivity contribution in [1.82, 2.24) is 15.2 Å². The lowest BCUT2D eigenvalue weighted by Gasteiger charge is -2.44. The van der Waals surface area contributed by atoms with Gasteiger partial charge < -0.3 is 19.8 Å². The Kier molecular flexibility index (Phi) is 10.2. The van der Waals surface area contributed by atoms with Crippen LogP contribution in [0.3, 0.4) is 0 Å². The Bertz CT molecular complexity index is 1460. The minimum Gasteiger partial charge on any atom is -0.463 e. The van der Waals surface area contributed by atoms with E-state index in [4.69, 9.17) is 38.6 Å². The molecule has 0 aliphatic carbocycles. The predicted molar refractivity (Wildman–Crippen MR) is 143 cm³/mol. The number of aromatic amines is 1. The molecule has 1 saturated heterocycles. The quantitative estimate of drug-likeness (QED) is 0.239. The number of esters is 1. The van der Waals surface area contributed by atoms with Crippen molar-refractivity contribution in [2.45, 2.75) is 19.0 Å². The van der Waals surface area contributed by atoms with Crippen molar-refractivity contribution in [1.29, 1.82) is 0 Å². The molecule has 1 aliphatic rings. The van der Waals surface area contributed by atoms with Gasteiger partial charge in [-0.15, -0.1) is 0 Å². The number of pyridine rings is 1. The topological polar surface area (TPSA) is 175 Å². The van der Waals surface area contributed by atoms with E-state index >= 15 is 0 Å². The van der Waals surface area contributed by atoms with Gasteiger partial charge in [-0.2, -0.15) is 8.42 Å². The van der Waals surface area contributed by atoms with E-state index in [2.05, 4.69) is 10.3 Å². The van der Waals surface area contributed by atoms with Gasteiger partial charge in [-0.05, 0) is 42.8 Å². The highest BCUT2D eigenvalue weighted by Gasteiger charge is 2.48. The maximum Gasteiger partial charge on any atom is 0.394 e. The van der Waals surface area contributed by atoms with Crippen LogP contribution >= 0.6 is 11.6 Å². The van der Waals surface area contributed by atoms with Crippen molar-refractivity contribution in [3.63, 3.8) is 0 Å². The van der Waals surface area contributed by atoms with Crippen LogP contribution in [0, 0.1) is 0 Å². The van der Waals surface area contributed by atoms with E-state index in [1.807, 2.05) is 23.1 Å². The first-order chi connectivity index (χ1) is 18.4. The van der Waals surface area contributed by atoms with Gasteiger partial charge in [0.2, 0.25) is 5.56 Å². The monoisotopic (exact) mass is 581 g/mol. The zero-order valence-corrected chi connectivity index (χ0v) is 22.5.